The number of amides is 1. The van der Waals surface area contributed by atoms with Crippen LogP contribution in [0.2, 0.25) is 0 Å². The minimum absolute atomic E-state index is 0.158. The van der Waals surface area contributed by atoms with E-state index < -0.39 is 0 Å². The number of hydrogen-bond acceptors (Lipinski definition) is 2. The minimum Gasteiger partial charge on any atom is -0.381 e. The fourth-order valence-electron chi connectivity index (χ4n) is 2.20. The maximum Gasteiger partial charge on any atom is 0.226 e. The van der Waals surface area contributed by atoms with Crippen LogP contribution in [0.1, 0.15) is 33.1 Å². The van der Waals surface area contributed by atoms with Crippen molar-refractivity contribution in [3.63, 3.8) is 0 Å². The van der Waals surface area contributed by atoms with Crippen LogP contribution in [0.15, 0.2) is 0 Å². The normalized spacial score (nSPS) is 19.4. The highest BCUT2D eigenvalue weighted by Crippen LogP contribution is 2.25. The third-order valence-corrected chi connectivity index (χ3v) is 4.14. The fraction of sp³-hybridized carbons (Fsp3) is 0.917. The largest absolute Gasteiger partial charge is 0.381 e. The summed E-state index contributed by atoms with van der Waals surface area (Å²) in [6.45, 7) is 6.72. The second-order valence-corrected chi connectivity index (χ2v) is 5.14. The highest BCUT2D eigenvalue weighted by molar-refractivity contribution is 14.1. The molecule has 0 aromatic rings. The predicted molar refractivity (Wildman–Crippen MR) is 73.6 cm³/mol. The van der Waals surface area contributed by atoms with Crippen LogP contribution < -0.4 is 0 Å². The van der Waals surface area contributed by atoms with Gasteiger partial charge in [-0.1, -0.05) is 36.4 Å². The first-order chi connectivity index (χ1) is 7.70. The number of halogens is 1. The molecule has 1 amide bonds. The Bertz CT molecular complexity index is 217. The van der Waals surface area contributed by atoms with Gasteiger partial charge in [-0.3, -0.25) is 4.79 Å². The molecule has 1 aliphatic rings. The molecule has 94 valence electrons. The molecule has 0 spiro atoms. The first-order valence-corrected chi connectivity index (χ1v) is 7.65. The Labute approximate surface area is 112 Å². The van der Waals surface area contributed by atoms with Crippen LogP contribution in [0.3, 0.4) is 0 Å². The summed E-state index contributed by atoms with van der Waals surface area (Å²) in [5, 5.41) is 0. The maximum absolute atomic E-state index is 12.2. The third-order valence-electron chi connectivity index (χ3n) is 3.31. The fourth-order valence-corrected chi connectivity index (χ4v) is 2.88. The average Bonchev–Trinajstić information content (AvgIpc) is 2.35. The minimum atomic E-state index is 0.158. The van der Waals surface area contributed by atoms with Crippen LogP contribution in [-0.4, -0.2) is 35.1 Å². The van der Waals surface area contributed by atoms with Crippen molar-refractivity contribution in [2.24, 2.45) is 11.8 Å². The Morgan fingerprint density at radius 1 is 1.50 bits per heavy atom. The van der Waals surface area contributed by atoms with Gasteiger partial charge in [-0.25, -0.2) is 0 Å². The van der Waals surface area contributed by atoms with E-state index in [9.17, 15) is 4.79 Å². The summed E-state index contributed by atoms with van der Waals surface area (Å²) < 4.78 is 6.14. The van der Waals surface area contributed by atoms with Gasteiger partial charge in [0.2, 0.25) is 5.91 Å². The zero-order valence-corrected chi connectivity index (χ0v) is 12.4. The van der Waals surface area contributed by atoms with Crippen LogP contribution in [0.4, 0.5) is 0 Å². The summed E-state index contributed by atoms with van der Waals surface area (Å²) in [4.78, 5) is 14.2. The molecule has 0 bridgehead atoms. The van der Waals surface area contributed by atoms with Crippen molar-refractivity contribution >= 4 is 28.5 Å². The van der Waals surface area contributed by atoms with Gasteiger partial charge in [-0.05, 0) is 25.2 Å². The van der Waals surface area contributed by atoms with Gasteiger partial charge in [0.15, 0.2) is 0 Å². The molecule has 0 N–H and O–H groups in total. The molecule has 1 rings (SSSR count). The number of nitrogens with zero attached hydrogens (tertiary/aromatic N) is 1. The van der Waals surface area contributed by atoms with E-state index in [1.54, 1.807) is 0 Å². The van der Waals surface area contributed by atoms with Crippen LogP contribution >= 0.6 is 22.6 Å². The second-order valence-electron chi connectivity index (χ2n) is 4.46. The molecule has 4 heteroatoms. The summed E-state index contributed by atoms with van der Waals surface area (Å²) in [5.41, 5.74) is 0. The zero-order chi connectivity index (χ0) is 12.0. The van der Waals surface area contributed by atoms with E-state index in [4.69, 9.17) is 4.74 Å². The molecule has 1 fully saturated rings. The highest BCUT2D eigenvalue weighted by Gasteiger charge is 2.28. The lowest BCUT2D eigenvalue weighted by Gasteiger charge is -2.30. The molecule has 0 aromatic heterocycles. The van der Waals surface area contributed by atoms with Crippen LogP contribution in [0.5, 0.6) is 0 Å². The van der Waals surface area contributed by atoms with Gasteiger partial charge in [0.05, 0.1) is 4.55 Å². The summed E-state index contributed by atoms with van der Waals surface area (Å²) in [6.07, 6.45) is 3.11. The number of carbonyl (C=O) groups is 1. The van der Waals surface area contributed by atoms with Crippen LogP contribution in [0.25, 0.3) is 0 Å². The average molecular weight is 339 g/mol. The van der Waals surface area contributed by atoms with Crippen molar-refractivity contribution in [3.8, 4) is 0 Å². The topological polar surface area (TPSA) is 29.5 Å². The Morgan fingerprint density at radius 2 is 2.12 bits per heavy atom. The number of alkyl halides is 1. The standard InChI is InChI=1S/C12H22INO2/c1-3-6-14(9-13)12(15)10(2)11-4-7-16-8-5-11/h10-11H,3-9H2,1-2H3. The number of rotatable bonds is 5. The molecule has 0 radical (unpaired) electrons. The van der Waals surface area contributed by atoms with E-state index in [-0.39, 0.29) is 5.92 Å². The lowest BCUT2D eigenvalue weighted by atomic mass is 9.86. The van der Waals surface area contributed by atoms with E-state index in [1.807, 2.05) is 4.90 Å². The lowest BCUT2D eigenvalue weighted by molar-refractivity contribution is -0.136. The highest BCUT2D eigenvalue weighted by atomic mass is 127. The lowest BCUT2D eigenvalue weighted by Crippen LogP contribution is -2.39. The predicted octanol–water partition coefficient (Wildman–Crippen LogP) is 2.68. The first kappa shape index (κ1) is 14.2. The summed E-state index contributed by atoms with van der Waals surface area (Å²) in [6, 6.07) is 0. The number of ether oxygens (including phenoxy) is 1. The molecule has 0 aromatic carbocycles. The summed E-state index contributed by atoms with van der Waals surface area (Å²) in [7, 11) is 0. The van der Waals surface area contributed by atoms with Crippen LogP contribution in [-0.2, 0) is 9.53 Å². The Morgan fingerprint density at radius 3 is 2.62 bits per heavy atom. The van der Waals surface area contributed by atoms with Gasteiger partial charge in [0, 0.05) is 25.7 Å². The van der Waals surface area contributed by atoms with E-state index in [0.717, 1.165) is 43.6 Å². The quantitative estimate of drug-likeness (QED) is 0.438. The molecule has 1 atom stereocenters. The van der Waals surface area contributed by atoms with E-state index in [2.05, 4.69) is 36.4 Å². The maximum atomic E-state index is 12.2. The third kappa shape index (κ3) is 3.87. The van der Waals surface area contributed by atoms with E-state index >= 15 is 0 Å². The first-order valence-electron chi connectivity index (χ1n) is 6.13. The van der Waals surface area contributed by atoms with Gasteiger partial charge >= 0.3 is 0 Å². The van der Waals surface area contributed by atoms with Crippen molar-refractivity contribution < 1.29 is 9.53 Å². The molecule has 1 aliphatic heterocycles. The number of hydrogen-bond donors (Lipinski definition) is 0. The Kier molecular flexibility index (Phi) is 6.65. The van der Waals surface area contributed by atoms with Crippen molar-refractivity contribution in [2.45, 2.75) is 33.1 Å². The van der Waals surface area contributed by atoms with Crippen molar-refractivity contribution in [1.29, 1.82) is 0 Å². The molecule has 0 saturated carbocycles. The molecule has 0 aliphatic carbocycles. The molecule has 1 heterocycles. The Balaban J connectivity index is 2.49. The molecule has 1 saturated heterocycles. The molecular formula is C12H22INO2. The van der Waals surface area contributed by atoms with Gasteiger partial charge in [0.1, 0.15) is 0 Å². The molecule has 16 heavy (non-hydrogen) atoms. The number of carbonyl (C=O) groups excluding carboxylic acids is 1. The van der Waals surface area contributed by atoms with Gasteiger partial charge in [-0.2, -0.15) is 0 Å². The zero-order valence-electron chi connectivity index (χ0n) is 10.2. The summed E-state index contributed by atoms with van der Waals surface area (Å²) in [5.74, 6) is 0.997. The van der Waals surface area contributed by atoms with Crippen LogP contribution in [0, 0.1) is 11.8 Å². The smallest absolute Gasteiger partial charge is 0.226 e. The monoisotopic (exact) mass is 339 g/mol. The van der Waals surface area contributed by atoms with Crippen molar-refractivity contribution in [1.82, 2.24) is 4.90 Å². The van der Waals surface area contributed by atoms with Gasteiger partial charge in [-0.15, -0.1) is 0 Å². The second kappa shape index (κ2) is 7.48. The SMILES string of the molecule is CCCN(CI)C(=O)C(C)C1CCOCC1. The van der Waals surface area contributed by atoms with Crippen molar-refractivity contribution in [2.75, 3.05) is 24.3 Å². The molecular weight excluding hydrogens is 317 g/mol. The Hall–Kier alpha value is 0.160. The van der Waals surface area contributed by atoms with Gasteiger partial charge < -0.3 is 9.64 Å². The van der Waals surface area contributed by atoms with E-state index in [0.29, 0.717) is 11.8 Å². The molecule has 3 nitrogen and oxygen atoms in total. The molecule has 1 unspecified atom stereocenters. The van der Waals surface area contributed by atoms with E-state index in [1.165, 1.54) is 0 Å². The van der Waals surface area contributed by atoms with Crippen molar-refractivity contribution in [3.05, 3.63) is 0 Å². The van der Waals surface area contributed by atoms with Gasteiger partial charge in [0.25, 0.3) is 0 Å². The summed E-state index contributed by atoms with van der Waals surface area (Å²) >= 11 is 2.27.